The number of aromatic hydroxyl groups is 2. The molecule has 1 aromatic carbocycles. The van der Waals surface area contributed by atoms with E-state index in [2.05, 4.69) is 0 Å². The van der Waals surface area contributed by atoms with Crippen LogP contribution in [0, 0.1) is 0 Å². The summed E-state index contributed by atoms with van der Waals surface area (Å²) in [5, 5.41) is 18.3. The zero-order valence-electron chi connectivity index (χ0n) is 8.83. The van der Waals surface area contributed by atoms with E-state index >= 15 is 0 Å². The lowest BCUT2D eigenvalue weighted by atomic mass is 10.2. The number of hydrogen-bond donors (Lipinski definition) is 2. The molecule has 2 aromatic rings. The van der Waals surface area contributed by atoms with Crippen molar-refractivity contribution in [3.63, 3.8) is 0 Å². The minimum absolute atomic E-state index is 0.175. The molecule has 86 valence electrons. The largest absolute Gasteiger partial charge is 0.504 e. The van der Waals surface area contributed by atoms with Crippen LogP contribution in [-0.2, 0) is 0 Å². The molecule has 4 nitrogen and oxygen atoms in total. The molecule has 0 saturated heterocycles. The van der Waals surface area contributed by atoms with Crippen LogP contribution in [0.2, 0.25) is 0 Å². The highest BCUT2D eigenvalue weighted by Crippen LogP contribution is 2.21. The molecule has 2 rings (SSSR count). The molecule has 1 heterocycles. The molecule has 0 amide bonds. The minimum Gasteiger partial charge on any atom is -0.504 e. The highest BCUT2D eigenvalue weighted by atomic mass is 16.4. The summed E-state index contributed by atoms with van der Waals surface area (Å²) in [6.07, 6.45) is 3.27. The molecular formula is C13H10O4. The summed E-state index contributed by atoms with van der Waals surface area (Å²) in [7, 11) is 0. The first kappa shape index (κ1) is 11.0. The Morgan fingerprint density at radius 2 is 1.76 bits per heavy atom. The molecular weight excluding hydrogens is 220 g/mol. The van der Waals surface area contributed by atoms with Gasteiger partial charge in [-0.1, -0.05) is 36.4 Å². The van der Waals surface area contributed by atoms with Crippen LogP contribution in [0.25, 0.3) is 12.2 Å². The highest BCUT2D eigenvalue weighted by Gasteiger charge is 2.07. The predicted octanol–water partition coefficient (Wildman–Crippen LogP) is 2.22. The monoisotopic (exact) mass is 230 g/mol. The summed E-state index contributed by atoms with van der Waals surface area (Å²) >= 11 is 0. The van der Waals surface area contributed by atoms with E-state index in [1.165, 1.54) is 12.1 Å². The Balaban J connectivity index is 2.31. The molecule has 1 aromatic heterocycles. The van der Waals surface area contributed by atoms with Crippen LogP contribution in [0.3, 0.4) is 0 Å². The van der Waals surface area contributed by atoms with Crippen molar-refractivity contribution in [3.8, 4) is 11.5 Å². The Labute approximate surface area is 97.1 Å². The Hall–Kier alpha value is -2.49. The molecule has 0 bridgehead atoms. The summed E-state index contributed by atoms with van der Waals surface area (Å²) in [5.74, 6) is -1.09. The van der Waals surface area contributed by atoms with Crippen LogP contribution in [0.15, 0.2) is 45.6 Å². The summed E-state index contributed by atoms with van der Waals surface area (Å²) in [5.41, 5.74) is -0.0274. The van der Waals surface area contributed by atoms with Gasteiger partial charge < -0.3 is 14.6 Å². The van der Waals surface area contributed by atoms with Gasteiger partial charge in [-0.3, -0.25) is 0 Å². The van der Waals surface area contributed by atoms with E-state index in [-0.39, 0.29) is 5.76 Å². The van der Waals surface area contributed by atoms with Gasteiger partial charge in [0.1, 0.15) is 5.76 Å². The summed E-state index contributed by atoms with van der Waals surface area (Å²) in [6.45, 7) is 0. The van der Waals surface area contributed by atoms with E-state index in [4.69, 9.17) is 9.52 Å². The van der Waals surface area contributed by atoms with Crippen LogP contribution >= 0.6 is 0 Å². The summed E-state index contributed by atoms with van der Waals surface area (Å²) < 4.78 is 4.76. The molecule has 0 atom stereocenters. The van der Waals surface area contributed by atoms with Gasteiger partial charge in [0.2, 0.25) is 5.75 Å². The fraction of sp³-hybridized carbons (Fsp3) is 0. The van der Waals surface area contributed by atoms with Crippen LogP contribution in [-0.4, -0.2) is 10.2 Å². The zero-order valence-corrected chi connectivity index (χ0v) is 8.83. The smallest absolute Gasteiger partial charge is 0.382 e. The first-order valence-corrected chi connectivity index (χ1v) is 4.96. The average molecular weight is 230 g/mol. The maximum Gasteiger partial charge on any atom is 0.382 e. The third-order valence-electron chi connectivity index (χ3n) is 2.17. The third kappa shape index (κ3) is 2.55. The van der Waals surface area contributed by atoms with Crippen LogP contribution < -0.4 is 5.63 Å². The van der Waals surface area contributed by atoms with Crippen molar-refractivity contribution in [1.29, 1.82) is 0 Å². The van der Waals surface area contributed by atoms with Gasteiger partial charge in [0.25, 0.3) is 0 Å². The summed E-state index contributed by atoms with van der Waals surface area (Å²) in [6, 6.07) is 10.6. The maximum absolute atomic E-state index is 11.1. The molecule has 0 aliphatic rings. The van der Waals surface area contributed by atoms with Gasteiger partial charge in [-0.15, -0.1) is 0 Å². The molecule has 0 fully saturated rings. The molecule has 0 radical (unpaired) electrons. The van der Waals surface area contributed by atoms with Gasteiger partial charge in [0.05, 0.1) is 0 Å². The van der Waals surface area contributed by atoms with E-state index in [9.17, 15) is 9.90 Å². The van der Waals surface area contributed by atoms with Crippen molar-refractivity contribution >= 4 is 12.2 Å². The molecule has 0 spiro atoms. The standard InChI is InChI=1S/C13H10O4/c14-11-8-10(17-13(16)12(11)15)7-6-9-4-2-1-3-5-9/h1-8,14-15H/b7-6+. The molecule has 17 heavy (non-hydrogen) atoms. The second-order valence-corrected chi connectivity index (χ2v) is 3.41. The van der Waals surface area contributed by atoms with E-state index in [0.29, 0.717) is 0 Å². The third-order valence-corrected chi connectivity index (χ3v) is 2.17. The van der Waals surface area contributed by atoms with Gasteiger partial charge in [0, 0.05) is 6.07 Å². The van der Waals surface area contributed by atoms with Gasteiger partial charge in [0.15, 0.2) is 5.75 Å². The van der Waals surface area contributed by atoms with Gasteiger partial charge in [-0.25, -0.2) is 4.79 Å². The van der Waals surface area contributed by atoms with Gasteiger partial charge in [-0.2, -0.15) is 0 Å². The first-order valence-electron chi connectivity index (χ1n) is 4.96. The predicted molar refractivity (Wildman–Crippen MR) is 63.7 cm³/mol. The first-order chi connectivity index (χ1) is 8.16. The van der Waals surface area contributed by atoms with E-state index in [1.54, 1.807) is 6.08 Å². The topological polar surface area (TPSA) is 70.7 Å². The van der Waals surface area contributed by atoms with Crippen molar-refractivity contribution in [3.05, 3.63) is 58.1 Å². The fourth-order valence-electron chi connectivity index (χ4n) is 1.32. The second-order valence-electron chi connectivity index (χ2n) is 3.41. The lowest BCUT2D eigenvalue weighted by Gasteiger charge is -1.97. The normalized spacial score (nSPS) is 10.8. The van der Waals surface area contributed by atoms with Gasteiger partial charge >= 0.3 is 5.63 Å². The number of benzene rings is 1. The van der Waals surface area contributed by atoms with Gasteiger partial charge in [-0.05, 0) is 11.6 Å². The minimum atomic E-state index is -0.960. The second kappa shape index (κ2) is 4.57. The Morgan fingerprint density at radius 3 is 2.41 bits per heavy atom. The number of rotatable bonds is 2. The van der Waals surface area contributed by atoms with Crippen molar-refractivity contribution in [2.75, 3.05) is 0 Å². The van der Waals surface area contributed by atoms with E-state index < -0.39 is 17.1 Å². The lowest BCUT2D eigenvalue weighted by molar-refractivity contribution is 0.362. The quantitative estimate of drug-likeness (QED) is 0.829. The Kier molecular flexibility index (Phi) is 2.96. The highest BCUT2D eigenvalue weighted by molar-refractivity contribution is 5.67. The Morgan fingerprint density at radius 1 is 1.06 bits per heavy atom. The van der Waals surface area contributed by atoms with Crippen LogP contribution in [0.1, 0.15) is 11.3 Å². The molecule has 0 aliphatic carbocycles. The molecule has 0 unspecified atom stereocenters. The zero-order chi connectivity index (χ0) is 12.3. The van der Waals surface area contributed by atoms with Crippen LogP contribution in [0.4, 0.5) is 0 Å². The van der Waals surface area contributed by atoms with Crippen molar-refractivity contribution < 1.29 is 14.6 Å². The van der Waals surface area contributed by atoms with Crippen molar-refractivity contribution in [2.45, 2.75) is 0 Å². The van der Waals surface area contributed by atoms with Crippen molar-refractivity contribution in [1.82, 2.24) is 0 Å². The lowest BCUT2D eigenvalue weighted by Crippen LogP contribution is -1.98. The Bertz CT molecular complexity index is 597. The van der Waals surface area contributed by atoms with E-state index in [1.807, 2.05) is 30.3 Å². The maximum atomic E-state index is 11.1. The SMILES string of the molecule is O=c1oc(/C=C/c2ccccc2)cc(O)c1O. The number of hydrogen-bond acceptors (Lipinski definition) is 4. The van der Waals surface area contributed by atoms with E-state index in [0.717, 1.165) is 5.56 Å². The fourth-order valence-corrected chi connectivity index (χ4v) is 1.32. The molecule has 4 heteroatoms. The van der Waals surface area contributed by atoms with Crippen LogP contribution in [0.5, 0.6) is 11.5 Å². The molecule has 0 aliphatic heterocycles. The summed E-state index contributed by atoms with van der Waals surface area (Å²) in [4.78, 5) is 11.1. The average Bonchev–Trinajstić information content (AvgIpc) is 2.34. The molecule has 2 N–H and O–H groups in total. The molecule has 0 saturated carbocycles. The van der Waals surface area contributed by atoms with Crippen molar-refractivity contribution in [2.24, 2.45) is 0 Å².